The molecule has 0 saturated heterocycles. The van der Waals surface area contributed by atoms with E-state index in [2.05, 4.69) is 13.8 Å². The Morgan fingerprint density at radius 1 is 1.47 bits per heavy atom. The predicted octanol–water partition coefficient (Wildman–Crippen LogP) is 4.44. The first-order valence-corrected chi connectivity index (χ1v) is 7.89. The van der Waals surface area contributed by atoms with Crippen LogP contribution < -0.4 is 0 Å². The van der Waals surface area contributed by atoms with E-state index in [9.17, 15) is 4.79 Å². The first-order valence-electron chi connectivity index (χ1n) is 6.63. The van der Waals surface area contributed by atoms with Gasteiger partial charge < -0.3 is 4.74 Å². The van der Waals surface area contributed by atoms with E-state index in [0.717, 1.165) is 28.3 Å². The molecule has 0 radical (unpaired) electrons. The van der Waals surface area contributed by atoms with Gasteiger partial charge in [0.2, 0.25) is 0 Å². The molecule has 0 N–H and O–H groups in total. The van der Waals surface area contributed by atoms with Crippen molar-refractivity contribution in [1.82, 2.24) is 0 Å². The van der Waals surface area contributed by atoms with Crippen molar-refractivity contribution in [2.45, 2.75) is 49.2 Å². The summed E-state index contributed by atoms with van der Waals surface area (Å²) < 4.78 is 5.17. The lowest BCUT2D eigenvalue weighted by Crippen LogP contribution is -2.23. The molecule has 0 heterocycles. The van der Waals surface area contributed by atoms with Crippen molar-refractivity contribution in [2.24, 2.45) is 0 Å². The Bertz CT molecular complexity index is 481. The van der Waals surface area contributed by atoms with Gasteiger partial charge >= 0.3 is 5.97 Å². The minimum absolute atomic E-state index is 0.115. The fourth-order valence-electron chi connectivity index (χ4n) is 2.15. The molecule has 0 spiro atoms. The Labute approximate surface area is 123 Å². The number of carbonyl (C=O) groups is 1. The zero-order valence-corrected chi connectivity index (χ0v) is 13.1. The highest BCUT2D eigenvalue weighted by Crippen LogP contribution is 2.50. The Morgan fingerprint density at radius 2 is 2.16 bits per heavy atom. The van der Waals surface area contributed by atoms with Crippen LogP contribution in [0.3, 0.4) is 0 Å². The second-order valence-electron chi connectivity index (χ2n) is 5.11. The zero-order chi connectivity index (χ0) is 14.0. The first kappa shape index (κ1) is 14.7. The van der Waals surface area contributed by atoms with Crippen molar-refractivity contribution in [3.63, 3.8) is 0 Å². The summed E-state index contributed by atoms with van der Waals surface area (Å²) in [5.74, 6) is -0.115. The van der Waals surface area contributed by atoms with Gasteiger partial charge in [-0.2, -0.15) is 0 Å². The molecule has 1 saturated carbocycles. The van der Waals surface area contributed by atoms with Gasteiger partial charge in [0.25, 0.3) is 0 Å². The maximum absolute atomic E-state index is 12.0. The molecule has 104 valence electrons. The fraction of sp³-hybridized carbons (Fsp3) is 0.533. The molecule has 2 nitrogen and oxygen atoms in total. The molecule has 0 aliphatic heterocycles. The van der Waals surface area contributed by atoms with Gasteiger partial charge in [0, 0.05) is 10.1 Å². The van der Waals surface area contributed by atoms with Crippen LogP contribution in [0.4, 0.5) is 0 Å². The van der Waals surface area contributed by atoms with E-state index < -0.39 is 5.41 Å². The van der Waals surface area contributed by atoms with Gasteiger partial charge in [-0.25, -0.2) is 0 Å². The lowest BCUT2D eigenvalue weighted by molar-refractivity contribution is -0.146. The molecule has 19 heavy (non-hydrogen) atoms. The number of hydrogen-bond acceptors (Lipinski definition) is 3. The van der Waals surface area contributed by atoms with Gasteiger partial charge in [-0.15, -0.1) is 11.8 Å². The van der Waals surface area contributed by atoms with Crippen LogP contribution in [0, 0.1) is 0 Å². The number of carbonyl (C=O) groups excluding carboxylic acids is 1. The van der Waals surface area contributed by atoms with Gasteiger partial charge in [0.1, 0.15) is 0 Å². The number of halogens is 1. The summed E-state index contributed by atoms with van der Waals surface area (Å²) >= 11 is 8.05. The van der Waals surface area contributed by atoms with Gasteiger partial charge in [0.15, 0.2) is 0 Å². The molecule has 0 aromatic heterocycles. The quantitative estimate of drug-likeness (QED) is 0.594. The summed E-state index contributed by atoms with van der Waals surface area (Å²) in [5.41, 5.74) is 0.560. The van der Waals surface area contributed by atoms with E-state index >= 15 is 0 Å². The number of thioether (sulfide) groups is 1. The molecule has 1 aliphatic carbocycles. The summed E-state index contributed by atoms with van der Waals surface area (Å²) in [6.45, 7) is 6.53. The van der Waals surface area contributed by atoms with Gasteiger partial charge in [-0.3, -0.25) is 4.79 Å². The molecule has 0 unspecified atom stereocenters. The summed E-state index contributed by atoms with van der Waals surface area (Å²) in [5, 5.41) is 1.22. The lowest BCUT2D eigenvalue weighted by atomic mass is 9.96. The third-order valence-electron chi connectivity index (χ3n) is 3.26. The summed E-state index contributed by atoms with van der Waals surface area (Å²) in [6, 6.07) is 5.96. The summed E-state index contributed by atoms with van der Waals surface area (Å²) in [6.07, 6.45) is 1.72. The average molecular weight is 299 g/mol. The highest BCUT2D eigenvalue weighted by Gasteiger charge is 2.52. The van der Waals surface area contributed by atoms with Crippen LogP contribution in [0.25, 0.3) is 0 Å². The number of hydrogen-bond donors (Lipinski definition) is 0. The molecule has 0 amide bonds. The van der Waals surface area contributed by atoms with E-state index in [-0.39, 0.29) is 5.97 Å². The van der Waals surface area contributed by atoms with Crippen LogP contribution in [0.15, 0.2) is 23.1 Å². The maximum atomic E-state index is 12.0. The minimum atomic E-state index is -0.430. The van der Waals surface area contributed by atoms with Gasteiger partial charge in [0.05, 0.1) is 17.0 Å². The van der Waals surface area contributed by atoms with E-state index in [1.807, 2.05) is 25.1 Å². The molecule has 1 aromatic rings. The maximum Gasteiger partial charge on any atom is 0.316 e. The number of rotatable bonds is 5. The van der Waals surface area contributed by atoms with Crippen LogP contribution in [0.1, 0.15) is 39.2 Å². The molecule has 0 atom stereocenters. The molecule has 1 fully saturated rings. The molecule has 1 aliphatic rings. The van der Waals surface area contributed by atoms with Crippen LogP contribution in [-0.2, 0) is 14.9 Å². The standard InChI is InChI=1S/C15H19ClO2S/c1-4-18-14(17)15(7-8-15)11-5-6-13(12(16)9-11)19-10(2)3/h5-6,9-10H,4,7-8H2,1-3H3. The Hall–Kier alpha value is -0.670. The minimum Gasteiger partial charge on any atom is -0.465 e. The third kappa shape index (κ3) is 3.09. The first-order chi connectivity index (χ1) is 8.99. The Morgan fingerprint density at radius 3 is 2.63 bits per heavy atom. The van der Waals surface area contributed by atoms with Crippen molar-refractivity contribution >= 4 is 29.3 Å². The van der Waals surface area contributed by atoms with E-state index in [0.29, 0.717) is 11.9 Å². The summed E-state index contributed by atoms with van der Waals surface area (Å²) in [4.78, 5) is 13.1. The highest BCUT2D eigenvalue weighted by molar-refractivity contribution is 8.00. The van der Waals surface area contributed by atoms with Crippen LogP contribution >= 0.6 is 23.4 Å². The van der Waals surface area contributed by atoms with Crippen molar-refractivity contribution in [2.75, 3.05) is 6.61 Å². The molecule has 2 rings (SSSR count). The van der Waals surface area contributed by atoms with Gasteiger partial charge in [-0.05, 0) is 37.5 Å². The zero-order valence-electron chi connectivity index (χ0n) is 11.5. The molecular weight excluding hydrogens is 280 g/mol. The SMILES string of the molecule is CCOC(=O)C1(c2ccc(SC(C)C)c(Cl)c2)CC1. The average Bonchev–Trinajstić information content (AvgIpc) is 3.13. The van der Waals surface area contributed by atoms with Crippen LogP contribution in [0.2, 0.25) is 5.02 Å². The molecular formula is C15H19ClO2S. The lowest BCUT2D eigenvalue weighted by Gasteiger charge is -2.16. The van der Waals surface area contributed by atoms with Crippen LogP contribution in [-0.4, -0.2) is 17.8 Å². The van der Waals surface area contributed by atoms with Crippen molar-refractivity contribution in [1.29, 1.82) is 0 Å². The van der Waals surface area contributed by atoms with Crippen molar-refractivity contribution in [3.05, 3.63) is 28.8 Å². The number of benzene rings is 1. The van der Waals surface area contributed by atoms with Crippen molar-refractivity contribution < 1.29 is 9.53 Å². The van der Waals surface area contributed by atoms with E-state index in [1.165, 1.54) is 0 Å². The van der Waals surface area contributed by atoms with E-state index in [4.69, 9.17) is 16.3 Å². The Balaban J connectivity index is 2.23. The topological polar surface area (TPSA) is 26.3 Å². The molecule has 4 heteroatoms. The highest BCUT2D eigenvalue weighted by atomic mass is 35.5. The monoisotopic (exact) mass is 298 g/mol. The van der Waals surface area contributed by atoms with Crippen LogP contribution in [0.5, 0.6) is 0 Å². The number of esters is 1. The summed E-state index contributed by atoms with van der Waals surface area (Å²) in [7, 11) is 0. The largest absolute Gasteiger partial charge is 0.465 e. The second-order valence-corrected chi connectivity index (χ2v) is 7.14. The normalized spacial score (nSPS) is 16.5. The van der Waals surface area contributed by atoms with Gasteiger partial charge in [-0.1, -0.05) is 31.5 Å². The predicted molar refractivity (Wildman–Crippen MR) is 80.0 cm³/mol. The number of ether oxygens (including phenoxy) is 1. The fourth-order valence-corrected chi connectivity index (χ4v) is 3.29. The van der Waals surface area contributed by atoms with Crippen molar-refractivity contribution in [3.8, 4) is 0 Å². The molecule has 0 bridgehead atoms. The smallest absolute Gasteiger partial charge is 0.316 e. The Kier molecular flexibility index (Phi) is 4.46. The third-order valence-corrected chi connectivity index (χ3v) is 4.77. The second kappa shape index (κ2) is 5.76. The van der Waals surface area contributed by atoms with E-state index in [1.54, 1.807) is 11.8 Å². The molecule has 1 aromatic carbocycles.